The van der Waals surface area contributed by atoms with Crippen molar-refractivity contribution >= 4 is 0 Å². The van der Waals surface area contributed by atoms with Gasteiger partial charge in [0.05, 0.1) is 19.7 Å². The summed E-state index contributed by atoms with van der Waals surface area (Å²) in [6, 6.07) is 12.4. The van der Waals surface area contributed by atoms with E-state index in [1.54, 1.807) is 7.11 Å². The van der Waals surface area contributed by atoms with Gasteiger partial charge >= 0.3 is 0 Å². The molecule has 0 radical (unpaired) electrons. The number of aryl methyl sites for hydroxylation is 1. The molecule has 130 valence electrons. The summed E-state index contributed by atoms with van der Waals surface area (Å²) in [4.78, 5) is 2.42. The van der Waals surface area contributed by atoms with Crippen molar-refractivity contribution in [3.05, 3.63) is 54.2 Å². The molecule has 0 N–H and O–H groups in total. The number of likely N-dealkylation sites (tertiary alicyclic amines) is 1. The second-order valence-electron chi connectivity index (χ2n) is 6.40. The van der Waals surface area contributed by atoms with Crippen molar-refractivity contribution < 1.29 is 9.15 Å². The zero-order valence-electron chi connectivity index (χ0n) is 14.6. The van der Waals surface area contributed by atoms with Crippen molar-refractivity contribution in [1.82, 2.24) is 19.7 Å². The summed E-state index contributed by atoms with van der Waals surface area (Å²) in [7, 11) is 3.75. The summed E-state index contributed by atoms with van der Waals surface area (Å²) < 4.78 is 13.3. The molecule has 0 amide bonds. The summed E-state index contributed by atoms with van der Waals surface area (Å²) in [5.41, 5.74) is 2.24. The largest absolute Gasteiger partial charge is 0.497 e. The second kappa shape index (κ2) is 6.72. The van der Waals surface area contributed by atoms with Gasteiger partial charge in [0.25, 0.3) is 0 Å². The highest BCUT2D eigenvalue weighted by atomic mass is 16.5. The van der Waals surface area contributed by atoms with Gasteiger partial charge in [-0.05, 0) is 55.8 Å². The molecule has 0 unspecified atom stereocenters. The minimum atomic E-state index is 0.413. The number of methoxy groups -OCH3 is 1. The smallest absolute Gasteiger partial charge is 0.247 e. The van der Waals surface area contributed by atoms with Gasteiger partial charge in [0.2, 0.25) is 11.8 Å². The molecule has 1 aromatic carbocycles. The van der Waals surface area contributed by atoms with E-state index in [0.29, 0.717) is 24.4 Å². The zero-order chi connectivity index (χ0) is 17.2. The van der Waals surface area contributed by atoms with Gasteiger partial charge in [0.1, 0.15) is 5.75 Å². The third kappa shape index (κ3) is 3.17. The van der Waals surface area contributed by atoms with Gasteiger partial charge in [-0.15, -0.1) is 10.2 Å². The fourth-order valence-electron chi connectivity index (χ4n) is 3.51. The Morgan fingerprint density at radius 3 is 2.76 bits per heavy atom. The molecule has 0 bridgehead atoms. The van der Waals surface area contributed by atoms with Crippen LogP contribution in [-0.4, -0.2) is 33.3 Å². The first-order valence-corrected chi connectivity index (χ1v) is 8.56. The summed E-state index contributed by atoms with van der Waals surface area (Å²) in [6.07, 6.45) is 4.45. The molecule has 1 fully saturated rings. The summed E-state index contributed by atoms with van der Waals surface area (Å²) in [5, 5.41) is 8.44. The standard InChI is InChI=1S/C19H22N4O2/c1-22-11-3-5-16(22)17-6-4-12-23(17)13-18-20-21-19(25-18)14-7-9-15(24-2)10-8-14/h3,5,7-11,17H,4,6,12-13H2,1-2H3/t17-/m0/s1. The lowest BCUT2D eigenvalue weighted by Gasteiger charge is -2.23. The van der Waals surface area contributed by atoms with E-state index in [0.717, 1.165) is 24.3 Å². The topological polar surface area (TPSA) is 56.3 Å². The maximum atomic E-state index is 5.89. The van der Waals surface area contributed by atoms with Crippen molar-refractivity contribution in [3.63, 3.8) is 0 Å². The van der Waals surface area contributed by atoms with Gasteiger partial charge in [0, 0.05) is 24.5 Å². The number of ether oxygens (including phenoxy) is 1. The molecule has 2 aromatic heterocycles. The van der Waals surface area contributed by atoms with Crippen LogP contribution in [0.2, 0.25) is 0 Å². The number of nitrogens with zero attached hydrogens (tertiary/aromatic N) is 4. The van der Waals surface area contributed by atoms with Crippen LogP contribution in [0.5, 0.6) is 5.75 Å². The molecule has 6 nitrogen and oxygen atoms in total. The van der Waals surface area contributed by atoms with E-state index in [2.05, 4.69) is 45.0 Å². The molecule has 0 aliphatic carbocycles. The number of benzene rings is 1. The normalized spacial score (nSPS) is 17.9. The maximum absolute atomic E-state index is 5.89. The number of rotatable bonds is 5. The third-order valence-corrected chi connectivity index (χ3v) is 4.83. The van der Waals surface area contributed by atoms with Crippen LogP contribution in [-0.2, 0) is 13.6 Å². The van der Waals surface area contributed by atoms with Crippen molar-refractivity contribution in [1.29, 1.82) is 0 Å². The Balaban J connectivity index is 1.49. The average molecular weight is 338 g/mol. The zero-order valence-corrected chi connectivity index (χ0v) is 14.6. The van der Waals surface area contributed by atoms with Crippen LogP contribution in [0.25, 0.3) is 11.5 Å². The van der Waals surface area contributed by atoms with Gasteiger partial charge in [-0.2, -0.15) is 0 Å². The Bertz CT molecular complexity index is 837. The van der Waals surface area contributed by atoms with Gasteiger partial charge < -0.3 is 13.7 Å². The van der Waals surface area contributed by atoms with Crippen LogP contribution in [0, 0.1) is 0 Å². The number of hydrogen-bond acceptors (Lipinski definition) is 5. The van der Waals surface area contributed by atoms with E-state index < -0.39 is 0 Å². The first kappa shape index (κ1) is 15.9. The van der Waals surface area contributed by atoms with Crippen molar-refractivity contribution in [3.8, 4) is 17.2 Å². The van der Waals surface area contributed by atoms with Crippen molar-refractivity contribution in [2.75, 3.05) is 13.7 Å². The van der Waals surface area contributed by atoms with Gasteiger partial charge in [-0.3, -0.25) is 4.90 Å². The monoisotopic (exact) mass is 338 g/mol. The Kier molecular flexibility index (Phi) is 4.28. The van der Waals surface area contributed by atoms with E-state index >= 15 is 0 Å². The van der Waals surface area contributed by atoms with E-state index in [-0.39, 0.29) is 0 Å². The van der Waals surface area contributed by atoms with Crippen molar-refractivity contribution in [2.24, 2.45) is 7.05 Å². The van der Waals surface area contributed by atoms with Gasteiger partial charge in [0.15, 0.2) is 0 Å². The van der Waals surface area contributed by atoms with Crippen LogP contribution in [0.4, 0.5) is 0 Å². The van der Waals surface area contributed by atoms with Crippen molar-refractivity contribution in [2.45, 2.75) is 25.4 Å². The van der Waals surface area contributed by atoms with E-state index in [9.17, 15) is 0 Å². The number of hydrogen-bond donors (Lipinski definition) is 0. The molecule has 3 heterocycles. The van der Waals surface area contributed by atoms with Crippen LogP contribution in [0.15, 0.2) is 47.0 Å². The fraction of sp³-hybridized carbons (Fsp3) is 0.368. The van der Waals surface area contributed by atoms with Gasteiger partial charge in [-0.25, -0.2) is 0 Å². The molecule has 0 spiro atoms. The Labute approximate surface area is 147 Å². The summed E-state index contributed by atoms with van der Waals surface area (Å²) >= 11 is 0. The van der Waals surface area contributed by atoms with E-state index in [4.69, 9.17) is 9.15 Å². The predicted octanol–water partition coefficient (Wildman–Crippen LogP) is 3.42. The summed E-state index contributed by atoms with van der Waals surface area (Å²) in [6.45, 7) is 1.73. The lowest BCUT2D eigenvalue weighted by Crippen LogP contribution is -2.24. The molecule has 6 heteroatoms. The Morgan fingerprint density at radius 2 is 2.04 bits per heavy atom. The molecule has 1 atom stereocenters. The number of aromatic nitrogens is 3. The first-order valence-electron chi connectivity index (χ1n) is 8.56. The van der Waals surface area contributed by atoms with E-state index in [1.807, 2.05) is 24.3 Å². The highest BCUT2D eigenvalue weighted by molar-refractivity contribution is 5.53. The van der Waals surface area contributed by atoms with Crippen LogP contribution in [0.3, 0.4) is 0 Å². The molecule has 25 heavy (non-hydrogen) atoms. The highest BCUT2D eigenvalue weighted by Crippen LogP contribution is 2.33. The minimum Gasteiger partial charge on any atom is -0.497 e. The molecular formula is C19H22N4O2. The molecule has 3 aromatic rings. The van der Waals surface area contributed by atoms with Gasteiger partial charge in [-0.1, -0.05) is 0 Å². The van der Waals surface area contributed by atoms with Crippen LogP contribution < -0.4 is 4.74 Å². The third-order valence-electron chi connectivity index (χ3n) is 4.83. The SMILES string of the molecule is COc1ccc(-c2nnc(CN3CCC[C@H]3c3cccn3C)o2)cc1. The molecule has 0 saturated carbocycles. The van der Waals surface area contributed by atoms with Crippen LogP contribution >= 0.6 is 0 Å². The maximum Gasteiger partial charge on any atom is 0.247 e. The lowest BCUT2D eigenvalue weighted by atomic mass is 10.1. The first-order chi connectivity index (χ1) is 12.2. The lowest BCUT2D eigenvalue weighted by molar-refractivity contribution is 0.218. The Hall–Kier alpha value is -2.60. The quantitative estimate of drug-likeness (QED) is 0.713. The second-order valence-corrected chi connectivity index (χ2v) is 6.40. The van der Waals surface area contributed by atoms with Crippen LogP contribution in [0.1, 0.15) is 30.5 Å². The minimum absolute atomic E-state index is 0.413. The fourth-order valence-corrected chi connectivity index (χ4v) is 3.51. The Morgan fingerprint density at radius 1 is 1.20 bits per heavy atom. The molecule has 1 saturated heterocycles. The van der Waals surface area contributed by atoms with E-state index in [1.165, 1.54) is 12.1 Å². The molecule has 1 aliphatic rings. The molecule has 4 rings (SSSR count). The average Bonchev–Trinajstić information content (AvgIpc) is 3.37. The summed E-state index contributed by atoms with van der Waals surface area (Å²) in [5.74, 6) is 2.02. The predicted molar refractivity (Wildman–Crippen MR) is 94.1 cm³/mol. The molecule has 1 aliphatic heterocycles. The highest BCUT2D eigenvalue weighted by Gasteiger charge is 2.28. The molecular weight excluding hydrogens is 316 g/mol.